The summed E-state index contributed by atoms with van der Waals surface area (Å²) < 4.78 is 7.43. The standard InChI is InChI=1S/C25H21N5O2.CH2O2/c31-24(22-19-9-6-13-26-23(19)28-32-22)29-15-11-25(12-16-29,18-7-2-1-3-8-18)20-17-30-14-5-4-10-21(30)27-20;2-1-3/h1-10,13-14,17H,11-12,15-16H2;1H,(H,2,3). The second-order valence-electron chi connectivity index (χ2n) is 8.32. The van der Waals surface area contributed by atoms with Gasteiger partial charge in [0.05, 0.1) is 11.1 Å². The van der Waals surface area contributed by atoms with Crippen LogP contribution in [0.3, 0.4) is 0 Å². The number of aromatic nitrogens is 4. The van der Waals surface area contributed by atoms with Crippen LogP contribution in [0, 0.1) is 0 Å². The van der Waals surface area contributed by atoms with E-state index >= 15 is 0 Å². The molecule has 5 aromatic rings. The van der Waals surface area contributed by atoms with Crippen molar-refractivity contribution in [3.8, 4) is 0 Å². The third-order valence-electron chi connectivity index (χ3n) is 6.53. The van der Waals surface area contributed by atoms with E-state index in [9.17, 15) is 4.79 Å². The second-order valence-corrected chi connectivity index (χ2v) is 8.32. The van der Waals surface area contributed by atoms with Crippen LogP contribution in [-0.4, -0.2) is 55.0 Å². The zero-order chi connectivity index (χ0) is 24.3. The smallest absolute Gasteiger partial charge is 0.293 e. The van der Waals surface area contributed by atoms with E-state index < -0.39 is 0 Å². The number of hydrogen-bond donors (Lipinski definition) is 1. The van der Waals surface area contributed by atoms with E-state index in [1.807, 2.05) is 41.4 Å². The van der Waals surface area contributed by atoms with Crippen LogP contribution in [0.15, 0.2) is 83.8 Å². The number of benzene rings is 1. The van der Waals surface area contributed by atoms with Crippen LogP contribution in [-0.2, 0) is 10.2 Å². The summed E-state index contributed by atoms with van der Waals surface area (Å²) in [5.74, 6) is 0.116. The number of carbonyl (C=O) groups is 2. The van der Waals surface area contributed by atoms with Gasteiger partial charge in [-0.15, -0.1) is 0 Å². The highest BCUT2D eigenvalue weighted by molar-refractivity contribution is 6.02. The fraction of sp³-hybridized carbons (Fsp3) is 0.192. The van der Waals surface area contributed by atoms with Crippen molar-refractivity contribution in [1.29, 1.82) is 0 Å². The fourth-order valence-corrected chi connectivity index (χ4v) is 4.79. The third-order valence-corrected chi connectivity index (χ3v) is 6.53. The minimum atomic E-state index is -0.255. The first-order chi connectivity index (χ1) is 17.2. The Balaban J connectivity index is 0.000000806. The maximum atomic E-state index is 13.2. The molecule has 6 rings (SSSR count). The van der Waals surface area contributed by atoms with Gasteiger partial charge >= 0.3 is 0 Å². The lowest BCUT2D eigenvalue weighted by Crippen LogP contribution is -2.46. The zero-order valence-electron chi connectivity index (χ0n) is 18.8. The van der Waals surface area contributed by atoms with Crippen molar-refractivity contribution in [2.45, 2.75) is 18.3 Å². The van der Waals surface area contributed by atoms with Crippen LogP contribution in [0.5, 0.6) is 0 Å². The Labute approximate surface area is 200 Å². The quantitative estimate of drug-likeness (QED) is 0.400. The number of carboxylic acid groups (broad SMARTS) is 1. The molecular formula is C26H23N5O4. The lowest BCUT2D eigenvalue weighted by Gasteiger charge is -2.41. The van der Waals surface area contributed by atoms with Crippen LogP contribution in [0.2, 0.25) is 0 Å². The monoisotopic (exact) mass is 469 g/mol. The summed E-state index contributed by atoms with van der Waals surface area (Å²) in [7, 11) is 0. The van der Waals surface area contributed by atoms with Gasteiger partial charge in [-0.25, -0.2) is 9.97 Å². The largest absolute Gasteiger partial charge is 0.483 e. The van der Waals surface area contributed by atoms with Gasteiger partial charge in [0.2, 0.25) is 11.4 Å². The molecule has 0 atom stereocenters. The number of hydrogen-bond acceptors (Lipinski definition) is 6. The molecule has 176 valence electrons. The van der Waals surface area contributed by atoms with E-state index in [4.69, 9.17) is 19.4 Å². The van der Waals surface area contributed by atoms with Gasteiger partial charge in [0, 0.05) is 37.1 Å². The van der Waals surface area contributed by atoms with E-state index in [1.54, 1.807) is 12.3 Å². The Morgan fingerprint density at radius 3 is 2.51 bits per heavy atom. The van der Waals surface area contributed by atoms with Crippen molar-refractivity contribution in [3.05, 3.63) is 96.3 Å². The maximum absolute atomic E-state index is 13.2. The summed E-state index contributed by atoms with van der Waals surface area (Å²) in [6.45, 7) is 0.952. The van der Waals surface area contributed by atoms with Gasteiger partial charge in [-0.05, 0) is 42.7 Å². The molecule has 1 amide bonds. The molecule has 1 saturated heterocycles. The van der Waals surface area contributed by atoms with Crippen LogP contribution in [0.25, 0.3) is 16.7 Å². The predicted octanol–water partition coefficient (Wildman–Crippen LogP) is 3.79. The number of rotatable bonds is 3. The van der Waals surface area contributed by atoms with Crippen LogP contribution >= 0.6 is 0 Å². The number of carbonyl (C=O) groups excluding carboxylic acids is 1. The molecule has 1 N–H and O–H groups in total. The normalized spacial score (nSPS) is 14.9. The Bertz CT molecular complexity index is 1440. The molecule has 0 saturated carbocycles. The SMILES string of the molecule is O=C(c1onc2ncccc12)N1CCC(c2ccccc2)(c2cn3ccccc3n2)CC1.O=CO. The lowest BCUT2D eigenvalue weighted by molar-refractivity contribution is -0.122. The average molecular weight is 470 g/mol. The molecule has 0 radical (unpaired) electrons. The van der Waals surface area contributed by atoms with E-state index in [0.717, 1.165) is 24.2 Å². The van der Waals surface area contributed by atoms with Gasteiger partial charge in [0.1, 0.15) is 5.65 Å². The summed E-state index contributed by atoms with van der Waals surface area (Å²) in [5.41, 5.74) is 3.39. The molecule has 1 aromatic carbocycles. The van der Waals surface area contributed by atoms with Crippen molar-refractivity contribution in [3.63, 3.8) is 0 Å². The minimum absolute atomic E-state index is 0.142. The first-order valence-corrected chi connectivity index (χ1v) is 11.2. The van der Waals surface area contributed by atoms with Crippen molar-refractivity contribution in [2.24, 2.45) is 0 Å². The summed E-state index contributed by atoms with van der Waals surface area (Å²) in [6.07, 6.45) is 7.33. The molecule has 0 aliphatic carbocycles. The van der Waals surface area contributed by atoms with Crippen molar-refractivity contribution in [1.82, 2.24) is 24.4 Å². The molecule has 1 fully saturated rings. The summed E-state index contributed by atoms with van der Waals surface area (Å²) in [4.78, 5) is 32.6. The highest BCUT2D eigenvalue weighted by Crippen LogP contribution is 2.41. The first-order valence-electron chi connectivity index (χ1n) is 11.2. The molecule has 0 spiro atoms. The minimum Gasteiger partial charge on any atom is -0.483 e. The Hall–Kier alpha value is -4.53. The second kappa shape index (κ2) is 9.38. The third kappa shape index (κ3) is 4.01. The maximum Gasteiger partial charge on any atom is 0.293 e. The fourth-order valence-electron chi connectivity index (χ4n) is 4.79. The number of fused-ring (bicyclic) bond motifs is 2. The van der Waals surface area contributed by atoms with E-state index in [0.29, 0.717) is 24.1 Å². The summed E-state index contributed by atoms with van der Waals surface area (Å²) in [6, 6.07) is 20.1. The molecule has 5 heterocycles. The van der Waals surface area contributed by atoms with Gasteiger partial charge < -0.3 is 18.9 Å². The molecule has 9 nitrogen and oxygen atoms in total. The highest BCUT2D eigenvalue weighted by Gasteiger charge is 2.41. The van der Waals surface area contributed by atoms with Gasteiger partial charge in [-0.3, -0.25) is 9.59 Å². The van der Waals surface area contributed by atoms with Gasteiger partial charge in [0.15, 0.2) is 0 Å². The van der Waals surface area contributed by atoms with Crippen LogP contribution in [0.1, 0.15) is 34.7 Å². The molecule has 35 heavy (non-hydrogen) atoms. The molecule has 9 heteroatoms. The number of nitrogens with zero attached hydrogens (tertiary/aromatic N) is 5. The van der Waals surface area contributed by atoms with Crippen molar-refractivity contribution < 1.29 is 19.2 Å². The number of piperidine rings is 1. The number of likely N-dealkylation sites (tertiary alicyclic amines) is 1. The van der Waals surface area contributed by atoms with Gasteiger partial charge in [-0.1, -0.05) is 41.6 Å². The van der Waals surface area contributed by atoms with Crippen molar-refractivity contribution in [2.75, 3.05) is 13.1 Å². The van der Waals surface area contributed by atoms with Crippen molar-refractivity contribution >= 4 is 29.1 Å². The summed E-state index contributed by atoms with van der Waals surface area (Å²) in [5, 5.41) is 11.5. The molecule has 0 unspecified atom stereocenters. The Kier molecular flexibility index (Phi) is 5.97. The Morgan fingerprint density at radius 1 is 1.03 bits per heavy atom. The molecule has 1 aliphatic rings. The highest BCUT2D eigenvalue weighted by atomic mass is 16.5. The molecule has 0 bridgehead atoms. The van der Waals surface area contributed by atoms with Crippen LogP contribution < -0.4 is 0 Å². The van der Waals surface area contributed by atoms with E-state index in [-0.39, 0.29) is 23.6 Å². The molecule has 4 aromatic heterocycles. The summed E-state index contributed by atoms with van der Waals surface area (Å²) >= 11 is 0. The number of pyridine rings is 2. The molecule has 1 aliphatic heterocycles. The molecular weight excluding hydrogens is 446 g/mol. The zero-order valence-corrected chi connectivity index (χ0v) is 18.8. The first kappa shape index (κ1) is 22.3. The van der Waals surface area contributed by atoms with Crippen LogP contribution in [0.4, 0.5) is 0 Å². The predicted molar refractivity (Wildman–Crippen MR) is 128 cm³/mol. The number of imidazole rings is 1. The average Bonchev–Trinajstić information content (AvgIpc) is 3.54. The number of amides is 1. The van der Waals surface area contributed by atoms with E-state index in [2.05, 4.69) is 45.0 Å². The van der Waals surface area contributed by atoms with E-state index in [1.165, 1.54) is 5.56 Å². The van der Waals surface area contributed by atoms with Gasteiger partial charge in [0.25, 0.3) is 12.4 Å². The van der Waals surface area contributed by atoms with Gasteiger partial charge in [-0.2, -0.15) is 0 Å². The topological polar surface area (TPSA) is 114 Å². The lowest BCUT2D eigenvalue weighted by atomic mass is 9.70. The Morgan fingerprint density at radius 2 is 1.77 bits per heavy atom.